The number of Topliss-reactive ketones (excluding diaryl/α,β-unsaturated/α-hetero) is 4. The van der Waals surface area contributed by atoms with E-state index in [0.29, 0.717) is 46.5 Å². The number of carbonyl (C=O) groups excluding carboxylic acids is 6. The molecule has 3 fully saturated rings. The van der Waals surface area contributed by atoms with E-state index in [1.54, 1.807) is 30.7 Å². The van der Waals surface area contributed by atoms with Gasteiger partial charge in [0.25, 0.3) is 5.91 Å². The molecule has 412 valence electrons. The SMILES string of the molecule is CCOC(=O)Cn1nc(C(F)(F)F)c2c1C1CC1C2=O.Cc1nn(CC(=O)C[C@@H](Cc2cc(F)cc(F)c2)c2ncccc2-c2ccc(F)c(C(N)=O)c2)c2c1C(=O)C1CC21.O=C(O)Cn1nc(C(F)(F)F)c2c1C1CC1C2=O. The van der Waals surface area contributed by atoms with Gasteiger partial charge < -0.3 is 15.6 Å². The fourth-order valence-corrected chi connectivity index (χ4v) is 11.3. The van der Waals surface area contributed by atoms with Crippen molar-refractivity contribution in [2.75, 3.05) is 6.61 Å². The zero-order valence-electron chi connectivity index (χ0n) is 41.4. The number of hydrogen-bond acceptors (Lipinski definition) is 12. The first-order chi connectivity index (χ1) is 37.2. The summed E-state index contributed by atoms with van der Waals surface area (Å²) in [5.41, 5.74) is 5.96. The average Bonchev–Trinajstić information content (AvgIpc) is 2.82. The number of rotatable bonds is 14. The van der Waals surface area contributed by atoms with Crippen molar-refractivity contribution in [2.24, 2.45) is 23.5 Å². The van der Waals surface area contributed by atoms with Crippen LogP contribution in [0.25, 0.3) is 11.1 Å². The molecular weight excluding hydrogens is 1060 g/mol. The highest BCUT2D eigenvalue weighted by Gasteiger charge is 2.60. The number of nitrogens with zero attached hydrogens (tertiary/aromatic N) is 7. The van der Waals surface area contributed by atoms with Crippen molar-refractivity contribution in [1.29, 1.82) is 0 Å². The molecule has 0 saturated heterocycles. The molecule has 4 aromatic heterocycles. The van der Waals surface area contributed by atoms with E-state index in [4.69, 9.17) is 15.6 Å². The summed E-state index contributed by atoms with van der Waals surface area (Å²) < 4.78 is 127. The van der Waals surface area contributed by atoms with Gasteiger partial charge in [-0.1, -0.05) is 12.1 Å². The Morgan fingerprint density at radius 1 is 0.709 bits per heavy atom. The highest BCUT2D eigenvalue weighted by Crippen LogP contribution is 2.60. The molecule has 1 amide bonds. The van der Waals surface area contributed by atoms with Crippen molar-refractivity contribution in [3.63, 3.8) is 0 Å². The second-order valence-electron chi connectivity index (χ2n) is 20.1. The first-order valence-electron chi connectivity index (χ1n) is 24.7. The van der Waals surface area contributed by atoms with Crippen LogP contribution in [0.5, 0.6) is 0 Å². The Morgan fingerprint density at radius 3 is 1.75 bits per heavy atom. The summed E-state index contributed by atoms with van der Waals surface area (Å²) in [5.74, 6) is -8.17. The van der Waals surface area contributed by atoms with Gasteiger partial charge in [-0.15, -0.1) is 0 Å². The molecule has 79 heavy (non-hydrogen) atoms. The summed E-state index contributed by atoms with van der Waals surface area (Å²) >= 11 is 0. The van der Waals surface area contributed by atoms with Crippen LogP contribution in [0.2, 0.25) is 0 Å². The number of ether oxygens (including phenoxy) is 1. The van der Waals surface area contributed by atoms with E-state index in [9.17, 15) is 73.1 Å². The number of primary amides is 1. The molecule has 12 rings (SSSR count). The number of aryl methyl sites for hydroxylation is 1. The van der Waals surface area contributed by atoms with Crippen molar-refractivity contribution in [3.05, 3.63) is 140 Å². The number of carbonyl (C=O) groups is 7. The zero-order chi connectivity index (χ0) is 56.9. The number of aromatic nitrogens is 7. The largest absolute Gasteiger partial charge is 0.480 e. The number of esters is 1. The number of alkyl halides is 6. The molecule has 0 spiro atoms. The van der Waals surface area contributed by atoms with E-state index >= 15 is 0 Å². The monoisotopic (exact) mass is 1110 g/mol. The van der Waals surface area contributed by atoms with Crippen molar-refractivity contribution in [3.8, 4) is 11.1 Å². The van der Waals surface area contributed by atoms with Crippen LogP contribution in [0.4, 0.5) is 39.5 Å². The van der Waals surface area contributed by atoms with Gasteiger partial charge in [0.05, 0.1) is 63.9 Å². The predicted molar refractivity (Wildman–Crippen MR) is 252 cm³/mol. The second kappa shape index (κ2) is 19.8. The fraction of sp³-hybridized carbons (Fsp3) is 0.377. The third-order valence-corrected chi connectivity index (χ3v) is 14.7. The summed E-state index contributed by atoms with van der Waals surface area (Å²) in [6.45, 7) is 2.38. The van der Waals surface area contributed by atoms with E-state index in [-0.39, 0.29) is 89.7 Å². The van der Waals surface area contributed by atoms with Gasteiger partial charge >= 0.3 is 24.3 Å². The number of ketones is 4. The van der Waals surface area contributed by atoms with E-state index in [1.165, 1.54) is 30.5 Å². The van der Waals surface area contributed by atoms with Gasteiger partial charge in [0.2, 0.25) is 0 Å². The van der Waals surface area contributed by atoms with Gasteiger partial charge in [0.15, 0.2) is 34.5 Å². The second-order valence-corrected chi connectivity index (χ2v) is 20.1. The van der Waals surface area contributed by atoms with Crippen LogP contribution in [0, 0.1) is 42.1 Å². The van der Waals surface area contributed by atoms with Crippen LogP contribution in [-0.2, 0) is 57.5 Å². The van der Waals surface area contributed by atoms with Crippen LogP contribution in [0.15, 0.2) is 54.7 Å². The van der Waals surface area contributed by atoms with Crippen molar-refractivity contribution < 1.29 is 82.9 Å². The van der Waals surface area contributed by atoms with Gasteiger partial charge in [-0.2, -0.15) is 41.6 Å². The number of amides is 1. The third-order valence-electron chi connectivity index (χ3n) is 14.7. The minimum absolute atomic E-state index is 0.0178. The van der Waals surface area contributed by atoms with Gasteiger partial charge in [0.1, 0.15) is 30.5 Å². The first-order valence-corrected chi connectivity index (χ1v) is 24.7. The van der Waals surface area contributed by atoms with E-state index < -0.39 is 101 Å². The van der Waals surface area contributed by atoms with Crippen LogP contribution >= 0.6 is 0 Å². The third kappa shape index (κ3) is 10.2. The predicted octanol–water partition coefficient (Wildman–Crippen LogP) is 8.11. The number of fused-ring (bicyclic) bond motifs is 9. The fourth-order valence-electron chi connectivity index (χ4n) is 11.3. The molecule has 26 heteroatoms. The lowest BCUT2D eigenvalue weighted by Crippen LogP contribution is -2.19. The summed E-state index contributed by atoms with van der Waals surface area (Å²) in [5, 5.41) is 19.8. The molecule has 4 heterocycles. The van der Waals surface area contributed by atoms with Gasteiger partial charge in [-0.25, -0.2) is 13.2 Å². The molecule has 2 aromatic carbocycles. The Balaban J connectivity index is 0.000000153. The molecule has 6 aromatic rings. The summed E-state index contributed by atoms with van der Waals surface area (Å²) in [6.07, 6.45) is -6.08. The molecule has 0 bridgehead atoms. The first kappa shape index (κ1) is 54.1. The number of pyridine rings is 1. The molecule has 7 atom stereocenters. The zero-order valence-corrected chi connectivity index (χ0v) is 41.4. The molecule has 0 aliphatic heterocycles. The van der Waals surface area contributed by atoms with Crippen LogP contribution in [0.3, 0.4) is 0 Å². The Bertz CT molecular complexity index is 3580. The standard InChI is InChI=1S/C31H25F3N4O3.C12H11F3N2O3.C10H7F3N2O3/c1-15-27-29(23-13-24(23)30(27)40)38(37-15)14-21(39)10-18(7-16-8-19(32)12-20(33)9-16)28-22(3-2-6-36-28)17-4-5-26(34)25(11-17)31(35)41;1-2-20-7(18)4-17-9-5-3-6(5)10(19)8(9)11(16-17)12(13,14)15;11-10(12,13)9-6-7(3-1-4(3)8(6)18)15(14-9)2-5(16)17/h2-6,8-9,11-12,18,23-24H,7,10,13-14H2,1H3,(H2,35,41);5-6H,2-4H2,1H3;3-4H,1-2H2,(H,16,17)/t18-,23?,24?;;/m1../s1. The quantitative estimate of drug-likeness (QED) is 0.0775. The summed E-state index contributed by atoms with van der Waals surface area (Å²) in [6, 6.07) is 10.5. The number of benzene rings is 2. The number of carboxylic acid groups (broad SMARTS) is 1. The Hall–Kier alpha value is -8.32. The lowest BCUT2D eigenvalue weighted by molar-refractivity contribution is -0.146. The minimum atomic E-state index is -4.74. The van der Waals surface area contributed by atoms with Crippen molar-refractivity contribution in [2.45, 2.75) is 102 Å². The van der Waals surface area contributed by atoms with Gasteiger partial charge in [-0.3, -0.25) is 52.6 Å². The van der Waals surface area contributed by atoms with Crippen LogP contribution in [0.1, 0.15) is 143 Å². The molecule has 6 aliphatic carbocycles. The maximum atomic E-state index is 14.2. The van der Waals surface area contributed by atoms with Gasteiger partial charge in [0, 0.05) is 65.7 Å². The molecule has 3 N–H and O–H groups in total. The molecule has 6 unspecified atom stereocenters. The normalized spacial score (nSPS) is 20.8. The molecule has 3 saturated carbocycles. The number of halogens is 9. The molecular formula is C53H43F9N8O9. The summed E-state index contributed by atoms with van der Waals surface area (Å²) in [7, 11) is 0. The topological polar surface area (TPSA) is 241 Å². The number of aliphatic carboxylic acids is 1. The minimum Gasteiger partial charge on any atom is -0.480 e. The smallest absolute Gasteiger partial charge is 0.435 e. The van der Waals surface area contributed by atoms with Crippen LogP contribution in [-0.4, -0.2) is 87.0 Å². The van der Waals surface area contributed by atoms with E-state index in [1.807, 2.05) is 0 Å². The Labute approximate surface area is 439 Å². The number of hydrogen-bond donors (Lipinski definition) is 2. The van der Waals surface area contributed by atoms with Crippen LogP contribution < -0.4 is 5.73 Å². The number of carboxylic acids is 1. The van der Waals surface area contributed by atoms with Crippen molar-refractivity contribution in [1.82, 2.24) is 34.3 Å². The number of nitrogens with two attached hydrogens (primary N) is 1. The molecule has 6 aliphatic rings. The highest BCUT2D eigenvalue weighted by molar-refractivity contribution is 6.08. The maximum Gasteiger partial charge on any atom is 0.435 e. The maximum absolute atomic E-state index is 14.2. The van der Waals surface area contributed by atoms with E-state index in [0.717, 1.165) is 33.6 Å². The lowest BCUT2D eigenvalue weighted by Gasteiger charge is -2.20. The lowest BCUT2D eigenvalue weighted by atomic mass is 9.86. The average molecular weight is 1110 g/mol. The Kier molecular flexibility index (Phi) is 13.6. The Morgan fingerprint density at radius 2 is 1.23 bits per heavy atom. The molecule has 0 radical (unpaired) electrons. The summed E-state index contributed by atoms with van der Waals surface area (Å²) in [4.78, 5) is 88.0. The van der Waals surface area contributed by atoms with E-state index in [2.05, 4.69) is 20.3 Å². The highest BCUT2D eigenvalue weighted by atomic mass is 19.4. The van der Waals surface area contributed by atoms with Crippen molar-refractivity contribution >= 4 is 41.0 Å². The molecule has 17 nitrogen and oxygen atoms in total. The van der Waals surface area contributed by atoms with Gasteiger partial charge in [-0.05, 0) is 81.0 Å².